The van der Waals surface area contributed by atoms with E-state index in [1.165, 1.54) is 0 Å². The molecule has 0 aromatic rings. The van der Waals surface area contributed by atoms with Gasteiger partial charge in [0.25, 0.3) is 0 Å². The number of carbonyl (C=O) groups is 1. The van der Waals surface area contributed by atoms with Crippen molar-refractivity contribution >= 4 is 5.91 Å². The van der Waals surface area contributed by atoms with E-state index in [1.807, 2.05) is 6.92 Å². The van der Waals surface area contributed by atoms with Gasteiger partial charge in [-0.3, -0.25) is 4.79 Å². The van der Waals surface area contributed by atoms with Crippen LogP contribution in [0.1, 0.15) is 19.8 Å². The van der Waals surface area contributed by atoms with E-state index in [0.29, 0.717) is 6.61 Å². The third kappa shape index (κ3) is 2.19. The predicted molar refractivity (Wildman–Crippen MR) is 45.3 cm³/mol. The van der Waals surface area contributed by atoms with E-state index in [1.54, 1.807) is 0 Å². The Morgan fingerprint density at radius 2 is 2.42 bits per heavy atom. The second kappa shape index (κ2) is 3.41. The Hall–Kier alpha value is -0.610. The number of ether oxygens (including phenoxy) is 1. The smallest absolute Gasteiger partial charge is 0.219 e. The summed E-state index contributed by atoms with van der Waals surface area (Å²) in [4.78, 5) is 10.7. The van der Waals surface area contributed by atoms with Gasteiger partial charge < -0.3 is 16.2 Å². The highest BCUT2D eigenvalue weighted by atomic mass is 16.5. The number of rotatable bonds is 3. The molecule has 0 aliphatic carbocycles. The minimum absolute atomic E-state index is 0.237. The molecule has 4 nitrogen and oxygen atoms in total. The van der Waals surface area contributed by atoms with Crippen LogP contribution in [0.15, 0.2) is 0 Å². The first-order valence-electron chi connectivity index (χ1n) is 4.17. The Kier molecular flexibility index (Phi) is 2.69. The molecule has 4 N–H and O–H groups in total. The summed E-state index contributed by atoms with van der Waals surface area (Å²) in [5, 5.41) is 0. The van der Waals surface area contributed by atoms with Crippen molar-refractivity contribution in [3.05, 3.63) is 0 Å². The van der Waals surface area contributed by atoms with Crippen LogP contribution < -0.4 is 11.5 Å². The van der Waals surface area contributed by atoms with Crippen molar-refractivity contribution in [2.75, 3.05) is 13.2 Å². The van der Waals surface area contributed by atoms with Crippen molar-refractivity contribution < 1.29 is 9.53 Å². The summed E-state index contributed by atoms with van der Waals surface area (Å²) in [7, 11) is 0. The number of carbonyl (C=O) groups excluding carboxylic acids is 1. The Bertz CT molecular complexity index is 174. The van der Waals surface area contributed by atoms with Crippen LogP contribution >= 0.6 is 0 Å². The van der Waals surface area contributed by atoms with Crippen LogP contribution in [-0.2, 0) is 9.53 Å². The SMILES string of the molecule is CC(N)(CC(N)=O)C1CCOC1. The molecule has 1 saturated heterocycles. The van der Waals surface area contributed by atoms with Crippen LogP contribution in [0.2, 0.25) is 0 Å². The molecule has 0 bridgehead atoms. The molecule has 1 aliphatic heterocycles. The molecule has 1 fully saturated rings. The van der Waals surface area contributed by atoms with Crippen LogP contribution in [-0.4, -0.2) is 24.7 Å². The second-order valence-electron chi connectivity index (χ2n) is 3.71. The molecule has 0 aromatic heterocycles. The molecule has 1 heterocycles. The summed E-state index contributed by atoms with van der Waals surface area (Å²) in [6.07, 6.45) is 1.17. The van der Waals surface area contributed by atoms with Crippen molar-refractivity contribution in [2.24, 2.45) is 17.4 Å². The molecule has 0 radical (unpaired) electrons. The van der Waals surface area contributed by atoms with E-state index in [-0.39, 0.29) is 18.2 Å². The van der Waals surface area contributed by atoms with Gasteiger partial charge in [-0.15, -0.1) is 0 Å². The highest BCUT2D eigenvalue weighted by molar-refractivity contribution is 5.75. The molecule has 70 valence electrons. The molecule has 1 aliphatic rings. The summed E-state index contributed by atoms with van der Waals surface area (Å²) in [5.74, 6) is -0.0723. The van der Waals surface area contributed by atoms with Gasteiger partial charge in [0.05, 0.1) is 6.61 Å². The van der Waals surface area contributed by atoms with Crippen molar-refractivity contribution in [3.8, 4) is 0 Å². The molecule has 12 heavy (non-hydrogen) atoms. The van der Waals surface area contributed by atoms with E-state index >= 15 is 0 Å². The topological polar surface area (TPSA) is 78.3 Å². The van der Waals surface area contributed by atoms with Crippen molar-refractivity contribution in [1.29, 1.82) is 0 Å². The number of hydrogen-bond acceptors (Lipinski definition) is 3. The van der Waals surface area contributed by atoms with Gasteiger partial charge >= 0.3 is 0 Å². The third-order valence-electron chi connectivity index (χ3n) is 2.42. The van der Waals surface area contributed by atoms with E-state index in [2.05, 4.69) is 0 Å². The molecular formula is C8H16N2O2. The zero-order valence-corrected chi connectivity index (χ0v) is 7.38. The fraction of sp³-hybridized carbons (Fsp3) is 0.875. The van der Waals surface area contributed by atoms with Gasteiger partial charge in [-0.1, -0.05) is 0 Å². The van der Waals surface area contributed by atoms with Crippen LogP contribution in [0.4, 0.5) is 0 Å². The van der Waals surface area contributed by atoms with Gasteiger partial charge in [0.1, 0.15) is 0 Å². The van der Waals surface area contributed by atoms with Gasteiger partial charge in [0.2, 0.25) is 5.91 Å². The first-order chi connectivity index (χ1) is 5.52. The maximum atomic E-state index is 10.7. The first-order valence-corrected chi connectivity index (χ1v) is 4.17. The largest absolute Gasteiger partial charge is 0.381 e. The van der Waals surface area contributed by atoms with Crippen molar-refractivity contribution in [3.63, 3.8) is 0 Å². The van der Waals surface area contributed by atoms with Crippen LogP contribution in [0.3, 0.4) is 0 Å². The van der Waals surface area contributed by atoms with Crippen molar-refractivity contribution in [1.82, 2.24) is 0 Å². The van der Waals surface area contributed by atoms with Gasteiger partial charge in [0.15, 0.2) is 0 Å². The highest BCUT2D eigenvalue weighted by Crippen LogP contribution is 2.25. The maximum absolute atomic E-state index is 10.7. The first kappa shape index (κ1) is 9.48. The van der Waals surface area contributed by atoms with Crippen LogP contribution in [0.25, 0.3) is 0 Å². The Labute approximate surface area is 72.2 Å². The van der Waals surface area contributed by atoms with Gasteiger partial charge in [-0.2, -0.15) is 0 Å². The Balaban J connectivity index is 2.50. The lowest BCUT2D eigenvalue weighted by molar-refractivity contribution is -0.119. The number of nitrogens with two attached hydrogens (primary N) is 2. The van der Waals surface area contributed by atoms with Crippen LogP contribution in [0.5, 0.6) is 0 Å². The summed E-state index contributed by atoms with van der Waals surface area (Å²) >= 11 is 0. The summed E-state index contributed by atoms with van der Waals surface area (Å²) in [6, 6.07) is 0. The molecule has 1 rings (SSSR count). The molecule has 0 saturated carbocycles. The van der Waals surface area contributed by atoms with E-state index in [0.717, 1.165) is 13.0 Å². The monoisotopic (exact) mass is 172 g/mol. The zero-order chi connectivity index (χ0) is 9.19. The average Bonchev–Trinajstić information content (AvgIpc) is 2.32. The number of amides is 1. The maximum Gasteiger partial charge on any atom is 0.219 e. The predicted octanol–water partition coefficient (Wildman–Crippen LogP) is -0.384. The summed E-state index contributed by atoms with van der Waals surface area (Å²) in [6.45, 7) is 3.26. The normalized spacial score (nSPS) is 28.3. The lowest BCUT2D eigenvalue weighted by Crippen LogP contribution is -2.47. The second-order valence-corrected chi connectivity index (χ2v) is 3.71. The van der Waals surface area contributed by atoms with Gasteiger partial charge in [0, 0.05) is 24.5 Å². The lowest BCUT2D eigenvalue weighted by atomic mass is 9.83. The third-order valence-corrected chi connectivity index (χ3v) is 2.42. The molecule has 1 amide bonds. The quantitative estimate of drug-likeness (QED) is 0.609. The number of primary amides is 1. The molecule has 2 unspecified atom stereocenters. The fourth-order valence-corrected chi connectivity index (χ4v) is 1.57. The Morgan fingerprint density at radius 3 is 2.83 bits per heavy atom. The average molecular weight is 172 g/mol. The van der Waals surface area contributed by atoms with Gasteiger partial charge in [-0.05, 0) is 13.3 Å². The lowest BCUT2D eigenvalue weighted by Gasteiger charge is -2.28. The molecule has 2 atom stereocenters. The van der Waals surface area contributed by atoms with E-state index < -0.39 is 5.54 Å². The zero-order valence-electron chi connectivity index (χ0n) is 7.38. The fourth-order valence-electron chi connectivity index (χ4n) is 1.57. The van der Waals surface area contributed by atoms with Gasteiger partial charge in [-0.25, -0.2) is 0 Å². The molecule has 4 heteroatoms. The van der Waals surface area contributed by atoms with Crippen LogP contribution in [0, 0.1) is 5.92 Å². The minimum Gasteiger partial charge on any atom is -0.381 e. The van der Waals surface area contributed by atoms with Crippen molar-refractivity contribution in [2.45, 2.75) is 25.3 Å². The van der Waals surface area contributed by atoms with E-state index in [4.69, 9.17) is 16.2 Å². The van der Waals surface area contributed by atoms with E-state index in [9.17, 15) is 4.79 Å². The number of hydrogen-bond donors (Lipinski definition) is 2. The summed E-state index contributed by atoms with van der Waals surface area (Å²) < 4.78 is 5.19. The molecular weight excluding hydrogens is 156 g/mol. The highest BCUT2D eigenvalue weighted by Gasteiger charge is 2.34. The molecule has 0 aromatic carbocycles. The summed E-state index contributed by atoms with van der Waals surface area (Å²) in [5.41, 5.74) is 10.5. The molecule has 0 spiro atoms. The standard InChI is InChI=1S/C8H16N2O2/c1-8(10,4-7(9)11)6-2-3-12-5-6/h6H,2-5,10H2,1H3,(H2,9,11). The Morgan fingerprint density at radius 1 is 1.75 bits per heavy atom. The minimum atomic E-state index is -0.498.